The van der Waals surface area contributed by atoms with Crippen molar-refractivity contribution in [1.29, 1.82) is 0 Å². The molecule has 0 aliphatic heterocycles. The molecular weight excluding hydrogens is 411 g/mol. The van der Waals surface area contributed by atoms with Gasteiger partial charge >= 0.3 is 5.97 Å². The predicted octanol–water partition coefficient (Wildman–Crippen LogP) is 5.68. The summed E-state index contributed by atoms with van der Waals surface area (Å²) in [5.41, 5.74) is 1.11. The highest BCUT2D eigenvalue weighted by atomic mass is 31.2. The SMILES string of the molecule is CCOC(=O)C[C@@H](c1ccccc1)[P+](c1ccccc1)(c1ccccc1)c1ccccc1. The molecule has 4 aromatic carbocycles. The Kier molecular flexibility index (Phi) is 7.14. The van der Waals surface area contributed by atoms with Gasteiger partial charge in [-0.25, -0.2) is 0 Å². The smallest absolute Gasteiger partial charge is 0.310 e. The summed E-state index contributed by atoms with van der Waals surface area (Å²) in [4.78, 5) is 13.0. The summed E-state index contributed by atoms with van der Waals surface area (Å²) in [6.07, 6.45) is 0.324. The number of esters is 1. The molecule has 2 nitrogen and oxygen atoms in total. The van der Waals surface area contributed by atoms with Gasteiger partial charge in [0.15, 0.2) is 0 Å². The number of benzene rings is 4. The highest BCUT2D eigenvalue weighted by Crippen LogP contribution is 2.67. The van der Waals surface area contributed by atoms with Gasteiger partial charge in [0.1, 0.15) is 28.8 Å². The maximum atomic E-state index is 13.0. The van der Waals surface area contributed by atoms with Crippen molar-refractivity contribution < 1.29 is 9.53 Å². The molecule has 0 N–H and O–H groups in total. The zero-order valence-electron chi connectivity index (χ0n) is 18.3. The lowest BCUT2D eigenvalue weighted by Crippen LogP contribution is -2.36. The Bertz CT molecular complexity index is 1020. The van der Waals surface area contributed by atoms with Crippen LogP contribution in [0.1, 0.15) is 24.6 Å². The zero-order valence-corrected chi connectivity index (χ0v) is 19.2. The molecule has 0 fully saturated rings. The summed E-state index contributed by atoms with van der Waals surface area (Å²) in [6.45, 7) is 2.25. The van der Waals surface area contributed by atoms with E-state index in [-0.39, 0.29) is 11.6 Å². The Labute approximate surface area is 191 Å². The molecule has 0 saturated heterocycles. The Hall–Kier alpha value is -3.22. The molecule has 4 rings (SSSR count). The van der Waals surface area contributed by atoms with Crippen molar-refractivity contribution in [3.8, 4) is 0 Å². The normalized spacial score (nSPS) is 12.2. The van der Waals surface area contributed by atoms with Gasteiger partial charge in [-0.15, -0.1) is 0 Å². The van der Waals surface area contributed by atoms with Gasteiger partial charge in [0.25, 0.3) is 0 Å². The maximum absolute atomic E-state index is 13.0. The van der Waals surface area contributed by atoms with Crippen molar-refractivity contribution in [2.45, 2.75) is 19.0 Å². The van der Waals surface area contributed by atoms with Crippen molar-refractivity contribution in [2.75, 3.05) is 6.61 Å². The van der Waals surface area contributed by atoms with Crippen molar-refractivity contribution in [3.05, 3.63) is 127 Å². The molecule has 0 radical (unpaired) electrons. The van der Waals surface area contributed by atoms with Gasteiger partial charge in [-0.1, -0.05) is 84.9 Å². The van der Waals surface area contributed by atoms with Crippen molar-refractivity contribution in [2.24, 2.45) is 0 Å². The molecule has 0 amide bonds. The number of hydrogen-bond acceptors (Lipinski definition) is 2. The van der Waals surface area contributed by atoms with Crippen LogP contribution in [0.25, 0.3) is 0 Å². The summed E-state index contributed by atoms with van der Waals surface area (Å²) in [7, 11) is -2.26. The van der Waals surface area contributed by atoms with E-state index in [1.54, 1.807) is 0 Å². The van der Waals surface area contributed by atoms with Crippen LogP contribution in [0.5, 0.6) is 0 Å². The second-order valence-corrected chi connectivity index (χ2v) is 11.3. The third-order valence-electron chi connectivity index (χ3n) is 5.81. The minimum Gasteiger partial charge on any atom is -0.466 e. The van der Waals surface area contributed by atoms with E-state index in [1.807, 2.05) is 13.0 Å². The minimum atomic E-state index is -2.26. The number of hydrogen-bond donors (Lipinski definition) is 0. The Morgan fingerprint density at radius 2 is 1.03 bits per heavy atom. The van der Waals surface area contributed by atoms with E-state index in [0.717, 1.165) is 5.56 Å². The van der Waals surface area contributed by atoms with Gasteiger partial charge in [0.05, 0.1) is 13.0 Å². The Morgan fingerprint density at radius 3 is 1.41 bits per heavy atom. The largest absolute Gasteiger partial charge is 0.466 e. The second-order valence-electron chi connectivity index (χ2n) is 7.66. The molecule has 0 aliphatic carbocycles. The third kappa shape index (κ3) is 4.38. The molecule has 1 atom stereocenters. The van der Waals surface area contributed by atoms with Crippen LogP contribution in [0.15, 0.2) is 121 Å². The first-order valence-electron chi connectivity index (χ1n) is 11.0. The van der Waals surface area contributed by atoms with Crippen LogP contribution in [-0.4, -0.2) is 12.6 Å². The molecule has 4 aromatic rings. The van der Waals surface area contributed by atoms with Gasteiger partial charge in [-0.3, -0.25) is 4.79 Å². The van der Waals surface area contributed by atoms with E-state index in [1.165, 1.54) is 15.9 Å². The molecule has 0 spiro atoms. The number of ether oxygens (including phenoxy) is 1. The van der Waals surface area contributed by atoms with Crippen molar-refractivity contribution in [3.63, 3.8) is 0 Å². The predicted molar refractivity (Wildman–Crippen MR) is 136 cm³/mol. The third-order valence-corrected chi connectivity index (χ3v) is 10.6. The van der Waals surface area contributed by atoms with E-state index < -0.39 is 7.26 Å². The first kappa shape index (κ1) is 22.0. The summed E-state index contributed by atoms with van der Waals surface area (Å²) in [6, 6.07) is 42.5. The van der Waals surface area contributed by atoms with Crippen LogP contribution in [0, 0.1) is 0 Å². The monoisotopic (exact) mass is 439 g/mol. The minimum absolute atomic E-state index is 0.0463. The topological polar surface area (TPSA) is 26.3 Å². The van der Waals surface area contributed by atoms with E-state index in [4.69, 9.17) is 4.74 Å². The van der Waals surface area contributed by atoms with Gasteiger partial charge < -0.3 is 4.74 Å². The van der Waals surface area contributed by atoms with Gasteiger partial charge in [0.2, 0.25) is 0 Å². The van der Waals surface area contributed by atoms with Crippen LogP contribution in [0.3, 0.4) is 0 Å². The van der Waals surface area contributed by atoms with Gasteiger partial charge in [-0.05, 0) is 48.9 Å². The number of carbonyl (C=O) groups is 1. The lowest BCUT2D eigenvalue weighted by molar-refractivity contribution is -0.143. The molecule has 0 heterocycles. The molecule has 0 unspecified atom stereocenters. The first-order valence-corrected chi connectivity index (χ1v) is 12.9. The van der Waals surface area contributed by atoms with Crippen LogP contribution >= 0.6 is 7.26 Å². The second kappa shape index (κ2) is 10.4. The van der Waals surface area contributed by atoms with E-state index >= 15 is 0 Å². The molecule has 0 aromatic heterocycles. The maximum Gasteiger partial charge on any atom is 0.310 e. The highest BCUT2D eigenvalue weighted by Gasteiger charge is 2.53. The fourth-order valence-corrected chi connectivity index (χ4v) is 9.45. The number of carbonyl (C=O) groups excluding carboxylic acids is 1. The lowest BCUT2D eigenvalue weighted by Gasteiger charge is -2.34. The summed E-state index contributed by atoms with van der Waals surface area (Å²) < 4.78 is 5.48. The van der Waals surface area contributed by atoms with E-state index in [2.05, 4.69) is 115 Å². The standard InChI is InChI=1S/C29H28O2P/c1-2-31-29(30)23-28(24-15-7-3-8-16-24)32(25-17-9-4-10-18-25,26-19-11-5-12-20-26)27-21-13-6-14-22-27/h3-22,28H,2,23H2,1H3/q+1/t28-/m0/s1. The van der Waals surface area contributed by atoms with Crippen LogP contribution in [0.2, 0.25) is 0 Å². The zero-order chi connectivity index (χ0) is 22.2. The van der Waals surface area contributed by atoms with Gasteiger partial charge in [0, 0.05) is 0 Å². The summed E-state index contributed by atoms with van der Waals surface area (Å²) >= 11 is 0. The molecule has 0 aliphatic rings. The summed E-state index contributed by atoms with van der Waals surface area (Å²) in [5.74, 6) is -0.159. The van der Waals surface area contributed by atoms with Crippen LogP contribution in [0.4, 0.5) is 0 Å². The molecule has 0 bridgehead atoms. The molecule has 32 heavy (non-hydrogen) atoms. The number of rotatable bonds is 8. The quantitative estimate of drug-likeness (QED) is 0.261. The highest BCUT2D eigenvalue weighted by molar-refractivity contribution is 7.96. The molecule has 160 valence electrons. The average Bonchev–Trinajstić information content (AvgIpc) is 2.86. The fraction of sp³-hybridized carbons (Fsp3) is 0.138. The van der Waals surface area contributed by atoms with Crippen molar-refractivity contribution >= 4 is 29.1 Å². The average molecular weight is 440 g/mol. The Morgan fingerprint density at radius 1 is 0.656 bits per heavy atom. The lowest BCUT2D eigenvalue weighted by atomic mass is 10.1. The first-order chi connectivity index (χ1) is 15.8. The fourth-order valence-electron chi connectivity index (χ4n) is 4.51. The Balaban J connectivity index is 2.07. The summed E-state index contributed by atoms with van der Waals surface area (Å²) in [5, 5.41) is 3.78. The van der Waals surface area contributed by atoms with E-state index in [0.29, 0.717) is 13.0 Å². The molecule has 3 heteroatoms. The van der Waals surface area contributed by atoms with Crippen LogP contribution in [-0.2, 0) is 9.53 Å². The molecular formula is C29H28O2P+. The van der Waals surface area contributed by atoms with Crippen LogP contribution < -0.4 is 15.9 Å². The molecule has 0 saturated carbocycles. The van der Waals surface area contributed by atoms with Crippen molar-refractivity contribution in [1.82, 2.24) is 0 Å². The van der Waals surface area contributed by atoms with Gasteiger partial charge in [-0.2, -0.15) is 0 Å². The van der Waals surface area contributed by atoms with E-state index in [9.17, 15) is 4.79 Å².